The summed E-state index contributed by atoms with van der Waals surface area (Å²) in [4.78, 5) is 37.1. The van der Waals surface area contributed by atoms with E-state index < -0.39 is 18.1 Å². The van der Waals surface area contributed by atoms with Crippen LogP contribution in [-0.4, -0.2) is 75.5 Å². The summed E-state index contributed by atoms with van der Waals surface area (Å²) in [5.41, 5.74) is 0. The van der Waals surface area contributed by atoms with Gasteiger partial charge in [0, 0.05) is 19.3 Å². The van der Waals surface area contributed by atoms with Crippen LogP contribution in [-0.2, 0) is 28.6 Å². The lowest BCUT2D eigenvalue weighted by molar-refractivity contribution is -0.889. The number of quaternary nitrogens is 1. The molecular weight excluding hydrogens is 847 g/mol. The van der Waals surface area contributed by atoms with Crippen molar-refractivity contribution in [3.8, 4) is 0 Å². The lowest BCUT2D eigenvalue weighted by atomic mass is 10.1. The van der Waals surface area contributed by atoms with Gasteiger partial charge in [-0.2, -0.15) is 0 Å². The van der Waals surface area contributed by atoms with Crippen molar-refractivity contribution < 1.29 is 38.2 Å². The number of hydrogen-bond donors (Lipinski definition) is 0. The molecule has 8 nitrogen and oxygen atoms in total. The molecule has 0 aliphatic carbocycles. The molecule has 2 unspecified atom stereocenters. The Hall–Kier alpha value is -2.97. The molecule has 68 heavy (non-hydrogen) atoms. The first-order chi connectivity index (χ1) is 33.1. The maximum Gasteiger partial charge on any atom is 0.306 e. The van der Waals surface area contributed by atoms with Gasteiger partial charge in [-0.1, -0.05) is 209 Å². The molecule has 0 spiro atoms. The molecule has 0 aromatic rings. The normalized spacial score (nSPS) is 13.2. The zero-order chi connectivity index (χ0) is 49.9. The van der Waals surface area contributed by atoms with Gasteiger partial charge in [-0.05, 0) is 83.5 Å². The lowest BCUT2D eigenvalue weighted by Crippen LogP contribution is -2.55. The molecule has 0 saturated heterocycles. The number of ether oxygens (including phenoxy) is 3. The molecule has 0 bridgehead atoms. The Labute approximate surface area is 419 Å². The number of rotatable bonds is 51. The zero-order valence-corrected chi connectivity index (χ0v) is 45.0. The summed E-state index contributed by atoms with van der Waals surface area (Å²) in [5, 5.41) is 11.7. The molecule has 0 amide bonds. The van der Waals surface area contributed by atoms with Crippen molar-refractivity contribution in [3.63, 3.8) is 0 Å². The van der Waals surface area contributed by atoms with Gasteiger partial charge in [0.1, 0.15) is 12.6 Å². The van der Waals surface area contributed by atoms with Crippen LogP contribution in [0.2, 0.25) is 0 Å². The van der Waals surface area contributed by atoms with Gasteiger partial charge in [-0.15, -0.1) is 0 Å². The Morgan fingerprint density at radius 2 is 0.779 bits per heavy atom. The predicted octanol–water partition coefficient (Wildman–Crippen LogP) is 15.5. The van der Waals surface area contributed by atoms with Gasteiger partial charge in [0.2, 0.25) is 0 Å². The largest absolute Gasteiger partial charge is 0.544 e. The summed E-state index contributed by atoms with van der Waals surface area (Å²) in [7, 11) is 5.42. The first-order valence-corrected chi connectivity index (χ1v) is 28.3. The average molecular weight is 955 g/mol. The van der Waals surface area contributed by atoms with E-state index in [1.54, 1.807) is 21.1 Å². The molecule has 0 aliphatic heterocycles. The van der Waals surface area contributed by atoms with Gasteiger partial charge < -0.3 is 28.6 Å². The van der Waals surface area contributed by atoms with E-state index in [-0.39, 0.29) is 42.7 Å². The number of esters is 2. The van der Waals surface area contributed by atoms with E-state index in [9.17, 15) is 19.5 Å². The van der Waals surface area contributed by atoms with Crippen LogP contribution in [0.15, 0.2) is 60.8 Å². The van der Waals surface area contributed by atoms with Crippen LogP contribution in [0.25, 0.3) is 0 Å². The SMILES string of the molecule is CCCCC/C=C/C/C=C/C/C=C/CCCCCCCCCCCC(=O)OC(COCCC(C(=O)[O-])[N+](C)(C)C)COC(=O)CCCCCCCCC/C=C/C/C=C/CCCCCCCCCC. The molecule has 0 aromatic carbocycles. The van der Waals surface area contributed by atoms with Crippen LogP contribution < -0.4 is 5.11 Å². The summed E-state index contributed by atoms with van der Waals surface area (Å²) in [6.07, 6.45) is 64.0. The summed E-state index contributed by atoms with van der Waals surface area (Å²) >= 11 is 0. The quantitative estimate of drug-likeness (QED) is 0.0259. The van der Waals surface area contributed by atoms with E-state index >= 15 is 0 Å². The van der Waals surface area contributed by atoms with Crippen molar-refractivity contribution in [2.45, 2.75) is 264 Å². The summed E-state index contributed by atoms with van der Waals surface area (Å²) in [6, 6.07) is -0.731. The molecule has 0 saturated carbocycles. The number of allylic oxidation sites excluding steroid dienone is 10. The van der Waals surface area contributed by atoms with Gasteiger partial charge in [-0.3, -0.25) is 9.59 Å². The Kier molecular flexibility index (Phi) is 48.2. The van der Waals surface area contributed by atoms with Crippen molar-refractivity contribution >= 4 is 17.9 Å². The number of carboxylic acid groups (broad SMARTS) is 1. The molecular formula is C60H107NO7. The highest BCUT2D eigenvalue weighted by Gasteiger charge is 2.25. The highest BCUT2D eigenvalue weighted by Crippen LogP contribution is 2.15. The number of nitrogens with zero attached hydrogens (tertiary/aromatic N) is 1. The fourth-order valence-corrected chi connectivity index (χ4v) is 8.23. The second-order valence-electron chi connectivity index (χ2n) is 20.2. The fourth-order valence-electron chi connectivity index (χ4n) is 8.23. The Balaban J connectivity index is 4.22. The van der Waals surface area contributed by atoms with Crippen LogP contribution >= 0.6 is 0 Å². The van der Waals surface area contributed by atoms with Crippen molar-refractivity contribution in [2.24, 2.45) is 0 Å². The van der Waals surface area contributed by atoms with E-state index in [2.05, 4.69) is 74.6 Å². The number of aliphatic carboxylic acids is 1. The van der Waals surface area contributed by atoms with E-state index in [4.69, 9.17) is 14.2 Å². The van der Waals surface area contributed by atoms with Crippen LogP contribution in [0.4, 0.5) is 0 Å². The fraction of sp³-hybridized carbons (Fsp3) is 0.783. The summed E-state index contributed by atoms with van der Waals surface area (Å²) in [6.45, 7) is 4.65. The number of carboxylic acids is 1. The van der Waals surface area contributed by atoms with Crippen LogP contribution in [0.3, 0.4) is 0 Å². The first-order valence-electron chi connectivity index (χ1n) is 28.3. The second-order valence-corrected chi connectivity index (χ2v) is 20.2. The molecule has 0 N–H and O–H groups in total. The number of carbonyl (C=O) groups is 3. The smallest absolute Gasteiger partial charge is 0.306 e. The molecule has 0 aliphatic rings. The van der Waals surface area contributed by atoms with E-state index in [0.29, 0.717) is 12.8 Å². The molecule has 0 radical (unpaired) electrons. The molecule has 394 valence electrons. The number of hydrogen-bond acceptors (Lipinski definition) is 7. The van der Waals surface area contributed by atoms with Crippen LogP contribution in [0.5, 0.6) is 0 Å². The highest BCUT2D eigenvalue weighted by atomic mass is 16.6. The third kappa shape index (κ3) is 48.1. The zero-order valence-electron chi connectivity index (χ0n) is 45.0. The maximum absolute atomic E-state index is 12.8. The molecule has 0 rings (SSSR count). The Morgan fingerprint density at radius 3 is 1.18 bits per heavy atom. The highest BCUT2D eigenvalue weighted by molar-refractivity contribution is 5.70. The predicted molar refractivity (Wildman–Crippen MR) is 286 cm³/mol. The molecule has 8 heteroatoms. The van der Waals surface area contributed by atoms with Crippen molar-refractivity contribution in [2.75, 3.05) is 41.0 Å². The molecule has 0 heterocycles. The minimum Gasteiger partial charge on any atom is -0.544 e. The molecule has 0 aromatic heterocycles. The Bertz CT molecular complexity index is 1290. The van der Waals surface area contributed by atoms with Gasteiger partial charge in [0.25, 0.3) is 0 Å². The Morgan fingerprint density at radius 1 is 0.441 bits per heavy atom. The van der Waals surface area contributed by atoms with E-state index in [1.807, 2.05) is 0 Å². The van der Waals surface area contributed by atoms with Crippen molar-refractivity contribution in [1.82, 2.24) is 0 Å². The summed E-state index contributed by atoms with van der Waals surface area (Å²) < 4.78 is 17.3. The molecule has 0 fully saturated rings. The maximum atomic E-state index is 12.8. The van der Waals surface area contributed by atoms with Gasteiger partial charge >= 0.3 is 11.9 Å². The third-order valence-electron chi connectivity index (χ3n) is 12.6. The summed E-state index contributed by atoms with van der Waals surface area (Å²) in [5.74, 6) is -1.74. The van der Waals surface area contributed by atoms with Gasteiger partial charge in [0.05, 0.1) is 40.3 Å². The van der Waals surface area contributed by atoms with Crippen LogP contribution in [0.1, 0.15) is 251 Å². The molecule has 2 atom stereocenters. The lowest BCUT2D eigenvalue weighted by Gasteiger charge is -2.34. The number of carbonyl (C=O) groups excluding carboxylic acids is 3. The van der Waals surface area contributed by atoms with Crippen LogP contribution in [0, 0.1) is 0 Å². The number of likely N-dealkylation sites (N-methyl/N-ethyl adjacent to an activating group) is 1. The average Bonchev–Trinajstić information content (AvgIpc) is 3.30. The monoisotopic (exact) mass is 954 g/mol. The van der Waals surface area contributed by atoms with E-state index in [0.717, 1.165) is 70.6 Å². The number of unbranched alkanes of at least 4 members (excludes halogenated alkanes) is 27. The van der Waals surface area contributed by atoms with Gasteiger partial charge in [-0.25, -0.2) is 0 Å². The topological polar surface area (TPSA) is 102 Å². The second kappa shape index (κ2) is 50.4. The van der Waals surface area contributed by atoms with E-state index in [1.165, 1.54) is 148 Å². The standard InChI is InChI=1S/C60H107NO7/c1-6-8-10-12-14-16-18-20-22-24-26-28-30-32-34-36-38-40-42-44-46-48-50-58(62)67-55-56(54-66-53-52-57(60(64)65)61(3,4)5)68-59(63)51-49-47-45-43-41-39-37-35-33-31-29-27-25-23-21-19-17-15-13-11-9-7-2/h15,17,21,23-24,26-27,29-30,32,56-57H,6-14,16,18-20,22,25,28,31,33-55H2,1-5H3/b17-15+,23-21+,26-24+,29-27+,32-30+. The minimum absolute atomic E-state index is 0.0349. The first kappa shape index (κ1) is 65.0. The van der Waals surface area contributed by atoms with Crippen molar-refractivity contribution in [1.29, 1.82) is 0 Å². The van der Waals surface area contributed by atoms with Gasteiger partial charge in [0.15, 0.2) is 6.10 Å². The minimum atomic E-state index is -1.13. The third-order valence-corrected chi connectivity index (χ3v) is 12.6. The van der Waals surface area contributed by atoms with Crippen molar-refractivity contribution in [3.05, 3.63) is 60.8 Å².